The number of carbonyl (C=O) groups is 2. The van der Waals surface area contributed by atoms with E-state index in [4.69, 9.17) is 9.47 Å². The SMILES string of the molecule is C[C@@H](CCCCCCCCC/C=C\C[C@@H](O)CCC[C@@H](O)CCCCCO[C@@H]1O[C@H](CO)[C@@H](O)[C@H](O)[C@@H]1O)C[C@H](C)/C(O)=C1\C(=O)[C@@H]2C[C@@H](O)CN2C1=O. The normalized spacial score (nSPS) is 29.2. The number of aliphatic hydroxyl groups excluding tert-OH is 8. The van der Waals surface area contributed by atoms with Crippen molar-refractivity contribution in [3.8, 4) is 0 Å². The second-order valence-corrected chi connectivity index (χ2v) is 16.1. The molecule has 0 spiro atoms. The third kappa shape index (κ3) is 14.9. The number of Topliss-reactive ketones (excluding diaryl/α,β-unsaturated/α-hetero) is 1. The molecule has 0 aromatic rings. The van der Waals surface area contributed by atoms with Crippen molar-refractivity contribution in [1.82, 2.24) is 4.90 Å². The summed E-state index contributed by atoms with van der Waals surface area (Å²) >= 11 is 0. The van der Waals surface area contributed by atoms with E-state index in [0.717, 1.165) is 51.4 Å². The molecule has 3 aliphatic heterocycles. The number of allylic oxidation sites excluding steroid dienone is 2. The zero-order chi connectivity index (χ0) is 39.6. The van der Waals surface area contributed by atoms with Crippen LogP contribution in [0.25, 0.3) is 0 Å². The summed E-state index contributed by atoms with van der Waals surface area (Å²) in [4.78, 5) is 26.8. The molecule has 0 aromatic carbocycles. The summed E-state index contributed by atoms with van der Waals surface area (Å²) in [6.45, 7) is 3.97. The fourth-order valence-electron chi connectivity index (χ4n) is 7.94. The highest BCUT2D eigenvalue weighted by Gasteiger charge is 2.50. The summed E-state index contributed by atoms with van der Waals surface area (Å²) in [5, 5.41) is 80.0. The van der Waals surface area contributed by atoms with Crippen LogP contribution in [0.3, 0.4) is 0 Å². The summed E-state index contributed by atoms with van der Waals surface area (Å²) in [5.74, 6) is -0.769. The van der Waals surface area contributed by atoms with Gasteiger partial charge >= 0.3 is 0 Å². The minimum atomic E-state index is -1.45. The summed E-state index contributed by atoms with van der Waals surface area (Å²) in [5.41, 5.74) is -0.0740. The Balaban J connectivity index is 1.09. The quantitative estimate of drug-likeness (QED) is 0.0197. The Morgan fingerprint density at radius 2 is 1.44 bits per heavy atom. The number of unbranched alkanes of at least 4 members (excludes halogenated alkanes) is 9. The smallest absolute Gasteiger partial charge is 0.261 e. The number of hydrogen-bond donors (Lipinski definition) is 8. The Morgan fingerprint density at radius 3 is 2.15 bits per heavy atom. The van der Waals surface area contributed by atoms with Gasteiger partial charge in [0.2, 0.25) is 0 Å². The van der Waals surface area contributed by atoms with Gasteiger partial charge in [0.1, 0.15) is 35.7 Å². The van der Waals surface area contributed by atoms with Gasteiger partial charge in [0.15, 0.2) is 12.1 Å². The van der Waals surface area contributed by atoms with Crippen LogP contribution in [-0.4, -0.2) is 132 Å². The van der Waals surface area contributed by atoms with E-state index < -0.39 is 67.6 Å². The molecule has 13 nitrogen and oxygen atoms in total. The Kier molecular flexibility index (Phi) is 21.2. The molecule has 0 bridgehead atoms. The number of carbonyl (C=O) groups excluding carboxylic acids is 2. The van der Waals surface area contributed by atoms with Gasteiger partial charge in [-0.25, -0.2) is 0 Å². The molecule has 54 heavy (non-hydrogen) atoms. The van der Waals surface area contributed by atoms with Crippen molar-refractivity contribution < 1.29 is 59.9 Å². The first kappa shape index (κ1) is 46.4. The highest BCUT2D eigenvalue weighted by molar-refractivity contribution is 6.27. The number of fused-ring (bicyclic) bond motifs is 1. The molecular formula is C41H71NO12. The van der Waals surface area contributed by atoms with Crippen molar-refractivity contribution in [2.24, 2.45) is 11.8 Å². The molecule has 0 radical (unpaired) electrons. The minimum absolute atomic E-state index is 0.0740. The first-order chi connectivity index (χ1) is 25.8. The summed E-state index contributed by atoms with van der Waals surface area (Å²) < 4.78 is 10.8. The lowest BCUT2D eigenvalue weighted by molar-refractivity contribution is -0.301. The second-order valence-electron chi connectivity index (χ2n) is 16.1. The van der Waals surface area contributed by atoms with Crippen LogP contribution in [0.2, 0.25) is 0 Å². The van der Waals surface area contributed by atoms with Crippen LogP contribution >= 0.6 is 0 Å². The average molecular weight is 770 g/mol. The summed E-state index contributed by atoms with van der Waals surface area (Å²) in [6, 6.07) is -0.625. The minimum Gasteiger partial charge on any atom is -0.511 e. The van der Waals surface area contributed by atoms with Crippen LogP contribution in [0.1, 0.15) is 136 Å². The van der Waals surface area contributed by atoms with Gasteiger partial charge < -0.3 is 55.2 Å². The van der Waals surface area contributed by atoms with Crippen LogP contribution < -0.4 is 0 Å². The lowest BCUT2D eigenvalue weighted by Gasteiger charge is -2.39. The number of aliphatic hydroxyl groups is 8. The van der Waals surface area contributed by atoms with Crippen LogP contribution in [0.5, 0.6) is 0 Å². The van der Waals surface area contributed by atoms with Gasteiger partial charge in [-0.1, -0.05) is 83.8 Å². The third-order valence-corrected chi connectivity index (χ3v) is 11.3. The molecule has 0 aliphatic carbocycles. The number of rotatable bonds is 27. The van der Waals surface area contributed by atoms with Crippen LogP contribution in [0.4, 0.5) is 0 Å². The van der Waals surface area contributed by atoms with Gasteiger partial charge in [0.25, 0.3) is 5.91 Å². The van der Waals surface area contributed by atoms with Gasteiger partial charge in [-0.05, 0) is 63.7 Å². The Hall–Kier alpha value is -1.94. The zero-order valence-corrected chi connectivity index (χ0v) is 32.7. The van der Waals surface area contributed by atoms with Gasteiger partial charge in [-0.3, -0.25) is 9.59 Å². The number of ether oxygens (including phenoxy) is 2. The summed E-state index contributed by atoms with van der Waals surface area (Å²) in [7, 11) is 0. The highest BCUT2D eigenvalue weighted by Crippen LogP contribution is 2.34. The molecule has 1 amide bonds. The van der Waals surface area contributed by atoms with E-state index in [1.54, 1.807) is 0 Å². The largest absolute Gasteiger partial charge is 0.511 e. The van der Waals surface area contributed by atoms with E-state index in [1.165, 1.54) is 37.0 Å². The third-order valence-electron chi connectivity index (χ3n) is 11.3. The molecule has 3 saturated heterocycles. The van der Waals surface area contributed by atoms with E-state index >= 15 is 0 Å². The molecule has 0 unspecified atom stereocenters. The maximum absolute atomic E-state index is 12.7. The predicted molar refractivity (Wildman–Crippen MR) is 203 cm³/mol. The molecule has 312 valence electrons. The lowest BCUT2D eigenvalue weighted by atomic mass is 9.89. The van der Waals surface area contributed by atoms with Gasteiger partial charge in [0, 0.05) is 25.5 Å². The maximum atomic E-state index is 12.7. The topological polar surface area (TPSA) is 218 Å². The highest BCUT2D eigenvalue weighted by atomic mass is 16.7. The van der Waals surface area contributed by atoms with Crippen molar-refractivity contribution >= 4 is 11.7 Å². The first-order valence-corrected chi connectivity index (χ1v) is 20.7. The standard InChI is InChI=1S/C41H71NO12/c1-27(23-28(2)35(47)34-36(48)32-24-31(46)25-42(32)40(34)52)17-12-9-7-5-3-4-6-8-10-13-18-29(44)20-16-21-30(45)19-14-11-15-22-53-41-39(51)38(50)37(49)33(26-43)54-41/h10,13,27-33,37-39,41,43-47,49-51H,3-9,11-12,14-26H2,1-2H3/b13-10-,35-34-/t27-,28-,29+,30-,31+,32-,33+,37+,38-,39-,41+/m0/s1. The molecule has 11 atom stereocenters. The van der Waals surface area contributed by atoms with Crippen molar-refractivity contribution in [2.75, 3.05) is 19.8 Å². The Bertz CT molecular complexity index is 1140. The van der Waals surface area contributed by atoms with Crippen LogP contribution in [-0.2, 0) is 19.1 Å². The molecule has 3 fully saturated rings. The predicted octanol–water partition coefficient (Wildman–Crippen LogP) is 3.73. The second kappa shape index (κ2) is 24.6. The van der Waals surface area contributed by atoms with Crippen molar-refractivity contribution in [1.29, 1.82) is 0 Å². The number of hydrogen-bond acceptors (Lipinski definition) is 12. The van der Waals surface area contributed by atoms with Gasteiger partial charge in [-0.15, -0.1) is 0 Å². The van der Waals surface area contributed by atoms with Crippen molar-refractivity contribution in [2.45, 2.75) is 191 Å². The molecule has 8 N–H and O–H groups in total. The fourth-order valence-corrected chi connectivity index (χ4v) is 7.94. The molecule has 13 heteroatoms. The summed E-state index contributed by atoms with van der Waals surface area (Å²) in [6.07, 6.45) is 13.2. The lowest BCUT2D eigenvalue weighted by Crippen LogP contribution is -2.59. The Labute approximate surface area is 322 Å². The van der Waals surface area contributed by atoms with Crippen molar-refractivity contribution in [3.05, 3.63) is 23.5 Å². The van der Waals surface area contributed by atoms with Crippen LogP contribution in [0, 0.1) is 11.8 Å². The number of amides is 1. The number of ketones is 1. The molecule has 0 saturated carbocycles. The van der Waals surface area contributed by atoms with E-state index in [9.17, 15) is 50.4 Å². The van der Waals surface area contributed by atoms with E-state index in [2.05, 4.69) is 19.1 Å². The first-order valence-electron chi connectivity index (χ1n) is 20.7. The van der Waals surface area contributed by atoms with E-state index in [-0.39, 0.29) is 42.6 Å². The number of nitrogens with zero attached hydrogens (tertiary/aromatic N) is 1. The Morgan fingerprint density at radius 1 is 0.815 bits per heavy atom. The average Bonchev–Trinajstić information content (AvgIpc) is 3.64. The molecule has 3 rings (SSSR count). The van der Waals surface area contributed by atoms with Gasteiger partial charge in [0.05, 0.1) is 31.0 Å². The van der Waals surface area contributed by atoms with E-state index in [1.807, 2.05) is 6.92 Å². The zero-order valence-electron chi connectivity index (χ0n) is 32.7. The monoisotopic (exact) mass is 769 g/mol. The molecular weight excluding hydrogens is 698 g/mol. The molecule has 0 aromatic heterocycles. The maximum Gasteiger partial charge on any atom is 0.261 e. The molecule has 3 aliphatic rings. The van der Waals surface area contributed by atoms with Crippen LogP contribution in [0.15, 0.2) is 23.5 Å². The van der Waals surface area contributed by atoms with Gasteiger partial charge in [-0.2, -0.15) is 0 Å². The van der Waals surface area contributed by atoms with E-state index in [0.29, 0.717) is 38.0 Å². The molecule has 3 heterocycles. The fraction of sp³-hybridized carbons (Fsp3) is 0.854. The van der Waals surface area contributed by atoms with Crippen molar-refractivity contribution in [3.63, 3.8) is 0 Å².